The fourth-order valence-corrected chi connectivity index (χ4v) is 1.52. The van der Waals surface area contributed by atoms with Gasteiger partial charge in [0.1, 0.15) is 11.3 Å². The highest BCUT2D eigenvalue weighted by Crippen LogP contribution is 2.28. The van der Waals surface area contributed by atoms with E-state index in [4.69, 9.17) is 0 Å². The zero-order chi connectivity index (χ0) is 10.1. The predicted octanol–water partition coefficient (Wildman–Crippen LogP) is 1.85. The Hall–Kier alpha value is -1.71. The lowest BCUT2D eigenvalue weighted by Gasteiger charge is -2.04. The third-order valence-electron chi connectivity index (χ3n) is 2.60. The fourth-order valence-electron chi connectivity index (χ4n) is 1.52. The molecule has 1 aliphatic rings. The van der Waals surface area contributed by atoms with Gasteiger partial charge >= 0.3 is 0 Å². The molecule has 1 aliphatic carbocycles. The summed E-state index contributed by atoms with van der Waals surface area (Å²) in [5, 5.41) is 3.32. The van der Waals surface area contributed by atoms with Crippen molar-refractivity contribution in [3.63, 3.8) is 0 Å². The zero-order valence-electron chi connectivity index (χ0n) is 8.35. The summed E-state index contributed by atoms with van der Waals surface area (Å²) in [5.74, 6) is 1.75. The van der Waals surface area contributed by atoms with Gasteiger partial charge in [-0.25, -0.2) is 9.97 Å². The van der Waals surface area contributed by atoms with Crippen LogP contribution in [0.2, 0.25) is 0 Å². The van der Waals surface area contributed by atoms with Crippen molar-refractivity contribution in [2.75, 3.05) is 11.9 Å². The molecular formula is C11H12N4. The van der Waals surface area contributed by atoms with Crippen LogP contribution < -0.4 is 5.32 Å². The molecule has 0 bridgehead atoms. The van der Waals surface area contributed by atoms with Crippen molar-refractivity contribution in [1.82, 2.24) is 15.0 Å². The number of aromatic nitrogens is 3. The van der Waals surface area contributed by atoms with Crippen LogP contribution in [0, 0.1) is 5.92 Å². The molecule has 1 fully saturated rings. The van der Waals surface area contributed by atoms with Crippen LogP contribution in [0.15, 0.2) is 24.5 Å². The van der Waals surface area contributed by atoms with Crippen molar-refractivity contribution >= 4 is 17.0 Å². The molecule has 1 N–H and O–H groups in total. The Balaban J connectivity index is 1.84. The number of hydrogen-bond acceptors (Lipinski definition) is 4. The highest BCUT2D eigenvalue weighted by molar-refractivity contribution is 5.71. The molecule has 0 saturated heterocycles. The first-order chi connectivity index (χ1) is 7.42. The molecule has 0 aliphatic heterocycles. The van der Waals surface area contributed by atoms with Gasteiger partial charge in [-0.3, -0.25) is 4.98 Å². The molecule has 4 nitrogen and oxygen atoms in total. The van der Waals surface area contributed by atoms with E-state index in [1.165, 1.54) is 12.8 Å². The Morgan fingerprint density at radius 2 is 2.07 bits per heavy atom. The van der Waals surface area contributed by atoms with Gasteiger partial charge < -0.3 is 5.32 Å². The van der Waals surface area contributed by atoms with E-state index in [0.717, 1.165) is 23.8 Å². The van der Waals surface area contributed by atoms with E-state index in [-0.39, 0.29) is 0 Å². The van der Waals surface area contributed by atoms with Gasteiger partial charge in [-0.05, 0) is 30.9 Å². The van der Waals surface area contributed by atoms with Crippen molar-refractivity contribution < 1.29 is 0 Å². The first-order valence-electron chi connectivity index (χ1n) is 5.23. The van der Waals surface area contributed by atoms with Crippen LogP contribution in [0.25, 0.3) is 11.2 Å². The molecule has 0 unspecified atom stereocenters. The van der Waals surface area contributed by atoms with Crippen molar-refractivity contribution in [2.24, 2.45) is 5.92 Å². The van der Waals surface area contributed by atoms with Crippen LogP contribution in [-0.2, 0) is 0 Å². The molecular weight excluding hydrogens is 188 g/mol. The molecule has 3 rings (SSSR count). The number of fused-ring (bicyclic) bond motifs is 1. The maximum absolute atomic E-state index is 4.39. The minimum atomic E-state index is 0.707. The second-order valence-corrected chi connectivity index (χ2v) is 3.92. The Kier molecular flexibility index (Phi) is 1.98. The van der Waals surface area contributed by atoms with Gasteiger partial charge in [-0.15, -0.1) is 0 Å². The quantitative estimate of drug-likeness (QED) is 0.821. The number of nitrogens with one attached hydrogen (secondary N) is 1. The molecule has 15 heavy (non-hydrogen) atoms. The number of pyridine rings is 1. The average Bonchev–Trinajstić information content (AvgIpc) is 3.10. The lowest BCUT2D eigenvalue weighted by atomic mass is 10.4. The zero-order valence-corrected chi connectivity index (χ0v) is 8.35. The molecule has 2 aromatic rings. The topological polar surface area (TPSA) is 50.7 Å². The van der Waals surface area contributed by atoms with E-state index in [1.807, 2.05) is 12.1 Å². The molecule has 0 spiro atoms. The Morgan fingerprint density at radius 3 is 2.93 bits per heavy atom. The van der Waals surface area contributed by atoms with Crippen LogP contribution >= 0.6 is 0 Å². The van der Waals surface area contributed by atoms with Gasteiger partial charge in [-0.1, -0.05) is 0 Å². The van der Waals surface area contributed by atoms with Gasteiger partial charge in [0.15, 0.2) is 5.65 Å². The van der Waals surface area contributed by atoms with E-state index in [9.17, 15) is 0 Å². The van der Waals surface area contributed by atoms with E-state index < -0.39 is 0 Å². The minimum Gasteiger partial charge on any atom is -0.370 e. The van der Waals surface area contributed by atoms with E-state index in [2.05, 4.69) is 20.3 Å². The molecule has 0 aromatic carbocycles. The summed E-state index contributed by atoms with van der Waals surface area (Å²) in [6.45, 7) is 1.03. The van der Waals surface area contributed by atoms with Gasteiger partial charge in [-0.2, -0.15) is 0 Å². The molecule has 0 radical (unpaired) electrons. The molecule has 76 valence electrons. The van der Waals surface area contributed by atoms with Crippen molar-refractivity contribution in [1.29, 1.82) is 0 Å². The van der Waals surface area contributed by atoms with Crippen LogP contribution in [-0.4, -0.2) is 21.5 Å². The van der Waals surface area contributed by atoms with Crippen LogP contribution in [0.1, 0.15) is 12.8 Å². The summed E-state index contributed by atoms with van der Waals surface area (Å²) in [4.78, 5) is 12.7. The van der Waals surface area contributed by atoms with E-state index >= 15 is 0 Å². The molecule has 2 heterocycles. The standard InChI is InChI=1S/C11H12N4/c1-2-8(1)7-14-10-4-3-9-11(15-10)13-6-5-12-9/h3-6,8H,1-2,7H2,(H,13,14,15). The van der Waals surface area contributed by atoms with Crippen LogP contribution in [0.3, 0.4) is 0 Å². The van der Waals surface area contributed by atoms with Gasteiger partial charge in [0.2, 0.25) is 0 Å². The van der Waals surface area contributed by atoms with Crippen molar-refractivity contribution in [3.05, 3.63) is 24.5 Å². The summed E-state index contributed by atoms with van der Waals surface area (Å²) in [6.07, 6.45) is 6.04. The molecule has 0 atom stereocenters. The van der Waals surface area contributed by atoms with E-state index in [1.54, 1.807) is 12.4 Å². The van der Waals surface area contributed by atoms with Gasteiger partial charge in [0, 0.05) is 18.9 Å². The molecule has 0 amide bonds. The Morgan fingerprint density at radius 1 is 1.20 bits per heavy atom. The summed E-state index contributed by atoms with van der Waals surface area (Å²) in [5.41, 5.74) is 1.55. The summed E-state index contributed by atoms with van der Waals surface area (Å²) < 4.78 is 0. The maximum atomic E-state index is 4.39. The maximum Gasteiger partial charge on any atom is 0.180 e. The minimum absolute atomic E-state index is 0.707. The lowest BCUT2D eigenvalue weighted by molar-refractivity contribution is 0.883. The largest absolute Gasteiger partial charge is 0.370 e. The SMILES string of the molecule is c1cnc2nc(NCC3CC3)ccc2n1. The first-order valence-corrected chi connectivity index (χ1v) is 5.23. The Labute approximate surface area is 87.8 Å². The molecule has 1 saturated carbocycles. The highest BCUT2D eigenvalue weighted by Gasteiger charge is 2.20. The molecule has 4 heteroatoms. The van der Waals surface area contributed by atoms with Gasteiger partial charge in [0.05, 0.1) is 0 Å². The second-order valence-electron chi connectivity index (χ2n) is 3.92. The third-order valence-corrected chi connectivity index (χ3v) is 2.60. The van der Waals surface area contributed by atoms with Crippen molar-refractivity contribution in [3.8, 4) is 0 Å². The predicted molar refractivity (Wildman–Crippen MR) is 58.5 cm³/mol. The molecule has 2 aromatic heterocycles. The summed E-state index contributed by atoms with van der Waals surface area (Å²) in [7, 11) is 0. The highest BCUT2D eigenvalue weighted by atomic mass is 15.0. The average molecular weight is 200 g/mol. The number of anilines is 1. The smallest absolute Gasteiger partial charge is 0.180 e. The number of hydrogen-bond donors (Lipinski definition) is 1. The summed E-state index contributed by atoms with van der Waals surface area (Å²) >= 11 is 0. The van der Waals surface area contributed by atoms with Crippen molar-refractivity contribution in [2.45, 2.75) is 12.8 Å². The first kappa shape index (κ1) is 8.59. The van der Waals surface area contributed by atoms with Gasteiger partial charge in [0.25, 0.3) is 0 Å². The fraction of sp³-hybridized carbons (Fsp3) is 0.364. The van der Waals surface area contributed by atoms with E-state index in [0.29, 0.717) is 5.65 Å². The van der Waals surface area contributed by atoms with Crippen LogP contribution in [0.5, 0.6) is 0 Å². The Bertz CT molecular complexity index is 479. The summed E-state index contributed by atoms with van der Waals surface area (Å²) in [6, 6.07) is 3.91. The number of rotatable bonds is 3. The lowest BCUT2D eigenvalue weighted by Crippen LogP contribution is -2.05. The third kappa shape index (κ3) is 1.88. The van der Waals surface area contributed by atoms with Crippen LogP contribution in [0.4, 0.5) is 5.82 Å². The second kappa shape index (κ2) is 3.46. The number of nitrogens with zero attached hydrogens (tertiary/aromatic N) is 3. The normalized spacial score (nSPS) is 15.5. The monoisotopic (exact) mass is 200 g/mol.